The van der Waals surface area contributed by atoms with Crippen LogP contribution in [0.15, 0.2) is 12.5 Å². The summed E-state index contributed by atoms with van der Waals surface area (Å²) in [6.45, 7) is 7.33. The number of ether oxygens (including phenoxy) is 1. The van der Waals surface area contributed by atoms with Crippen molar-refractivity contribution in [3.8, 4) is 0 Å². The minimum atomic E-state index is 0.164. The lowest BCUT2D eigenvalue weighted by Crippen LogP contribution is -2.51. The predicted octanol–water partition coefficient (Wildman–Crippen LogP) is 3.00. The molecule has 0 aromatic carbocycles. The highest BCUT2D eigenvalue weighted by Crippen LogP contribution is 2.51. The van der Waals surface area contributed by atoms with Gasteiger partial charge in [-0.05, 0) is 13.3 Å². The molecule has 1 aliphatic rings. The number of halogens is 1. The fourth-order valence-corrected chi connectivity index (χ4v) is 2.74. The van der Waals surface area contributed by atoms with Crippen molar-refractivity contribution in [2.45, 2.75) is 45.2 Å². The van der Waals surface area contributed by atoms with Gasteiger partial charge in [0.15, 0.2) is 0 Å². The van der Waals surface area contributed by atoms with Gasteiger partial charge < -0.3 is 9.30 Å². The Labute approximate surface area is 102 Å². The Balaban J connectivity index is 2.14. The molecule has 0 amide bonds. The van der Waals surface area contributed by atoms with E-state index in [9.17, 15) is 0 Å². The zero-order valence-electron chi connectivity index (χ0n) is 10.1. The van der Waals surface area contributed by atoms with Crippen LogP contribution in [0.4, 0.5) is 0 Å². The maximum atomic E-state index is 5.90. The van der Waals surface area contributed by atoms with Gasteiger partial charge in [0.1, 0.15) is 0 Å². The third-order valence-electron chi connectivity index (χ3n) is 3.71. The molecule has 16 heavy (non-hydrogen) atoms. The van der Waals surface area contributed by atoms with Gasteiger partial charge in [-0.15, -0.1) is 11.6 Å². The van der Waals surface area contributed by atoms with E-state index in [1.54, 1.807) is 0 Å². The quantitative estimate of drug-likeness (QED) is 0.759. The fraction of sp³-hybridized carbons (Fsp3) is 0.750. The smallest absolute Gasteiger partial charge is 0.0951 e. The van der Waals surface area contributed by atoms with E-state index < -0.39 is 0 Å². The van der Waals surface area contributed by atoms with Gasteiger partial charge in [0, 0.05) is 24.3 Å². The van der Waals surface area contributed by atoms with Crippen LogP contribution in [0.25, 0.3) is 0 Å². The first-order chi connectivity index (χ1) is 7.61. The summed E-state index contributed by atoms with van der Waals surface area (Å²) in [5.74, 6) is 0.520. The molecule has 2 rings (SSSR count). The van der Waals surface area contributed by atoms with E-state index in [2.05, 4.69) is 23.4 Å². The molecule has 1 aromatic rings. The van der Waals surface area contributed by atoms with Gasteiger partial charge in [0.05, 0.1) is 24.0 Å². The fourth-order valence-electron chi connectivity index (χ4n) is 2.54. The topological polar surface area (TPSA) is 27.1 Å². The standard InChI is InChI=1S/C12H19ClN2O/c1-4-16-11-5-10(12(11,2)3)15-8-14-7-9(15)6-13/h7-8,10-11H,4-6H2,1-3H3. The largest absolute Gasteiger partial charge is 0.378 e. The number of imidazole rings is 1. The van der Waals surface area contributed by atoms with E-state index in [1.807, 2.05) is 19.4 Å². The van der Waals surface area contributed by atoms with E-state index in [0.717, 1.165) is 18.7 Å². The number of nitrogens with zero attached hydrogens (tertiary/aromatic N) is 2. The highest BCUT2D eigenvalue weighted by atomic mass is 35.5. The summed E-state index contributed by atoms with van der Waals surface area (Å²) in [5.41, 5.74) is 1.26. The summed E-state index contributed by atoms with van der Waals surface area (Å²) in [4.78, 5) is 4.17. The molecule has 1 aliphatic carbocycles. The van der Waals surface area contributed by atoms with Gasteiger partial charge >= 0.3 is 0 Å². The highest BCUT2D eigenvalue weighted by Gasteiger charge is 2.50. The molecule has 0 N–H and O–H groups in total. The van der Waals surface area contributed by atoms with Crippen LogP contribution in [0.2, 0.25) is 0 Å². The van der Waals surface area contributed by atoms with Gasteiger partial charge in [-0.1, -0.05) is 13.8 Å². The van der Waals surface area contributed by atoms with Crippen LogP contribution in [0.5, 0.6) is 0 Å². The van der Waals surface area contributed by atoms with Crippen LogP contribution in [-0.4, -0.2) is 22.3 Å². The van der Waals surface area contributed by atoms with E-state index >= 15 is 0 Å². The molecule has 0 radical (unpaired) electrons. The van der Waals surface area contributed by atoms with Gasteiger partial charge in [-0.2, -0.15) is 0 Å². The van der Waals surface area contributed by atoms with Crippen molar-refractivity contribution in [3.63, 3.8) is 0 Å². The molecular formula is C12H19ClN2O. The third kappa shape index (κ3) is 1.76. The molecule has 4 heteroatoms. The normalized spacial score (nSPS) is 27.8. The molecule has 1 aromatic heterocycles. The second-order valence-electron chi connectivity index (χ2n) is 4.94. The number of aromatic nitrogens is 2. The van der Waals surface area contributed by atoms with E-state index in [4.69, 9.17) is 16.3 Å². The zero-order chi connectivity index (χ0) is 11.8. The highest BCUT2D eigenvalue weighted by molar-refractivity contribution is 6.16. The van der Waals surface area contributed by atoms with E-state index in [1.165, 1.54) is 0 Å². The minimum absolute atomic E-state index is 0.164. The second-order valence-corrected chi connectivity index (χ2v) is 5.21. The summed E-state index contributed by atoms with van der Waals surface area (Å²) < 4.78 is 7.93. The molecule has 1 heterocycles. The average molecular weight is 243 g/mol. The molecule has 3 nitrogen and oxygen atoms in total. The average Bonchev–Trinajstić information content (AvgIpc) is 2.71. The van der Waals surface area contributed by atoms with Gasteiger partial charge in [0.2, 0.25) is 0 Å². The van der Waals surface area contributed by atoms with Gasteiger partial charge in [-0.3, -0.25) is 0 Å². The lowest BCUT2D eigenvalue weighted by Gasteiger charge is -2.52. The number of hydrogen-bond donors (Lipinski definition) is 0. The summed E-state index contributed by atoms with van der Waals surface area (Å²) in [7, 11) is 0. The van der Waals surface area contributed by atoms with Crippen LogP contribution >= 0.6 is 11.6 Å². The maximum absolute atomic E-state index is 5.90. The molecule has 1 fully saturated rings. The monoisotopic (exact) mass is 242 g/mol. The molecule has 0 saturated heterocycles. The molecule has 0 bridgehead atoms. The first-order valence-electron chi connectivity index (χ1n) is 5.79. The van der Waals surface area contributed by atoms with Crippen molar-refractivity contribution in [1.29, 1.82) is 0 Å². The first kappa shape index (κ1) is 11.9. The van der Waals surface area contributed by atoms with Gasteiger partial charge in [-0.25, -0.2) is 4.98 Å². The van der Waals surface area contributed by atoms with Crippen molar-refractivity contribution in [3.05, 3.63) is 18.2 Å². The second kappa shape index (κ2) is 4.38. The maximum Gasteiger partial charge on any atom is 0.0951 e. The number of alkyl halides is 1. The zero-order valence-corrected chi connectivity index (χ0v) is 10.9. The SMILES string of the molecule is CCOC1CC(n2cncc2CCl)C1(C)C. The Kier molecular flexibility index (Phi) is 3.27. The molecule has 0 aliphatic heterocycles. The van der Waals surface area contributed by atoms with Crippen LogP contribution < -0.4 is 0 Å². The van der Waals surface area contributed by atoms with Crippen LogP contribution in [0.3, 0.4) is 0 Å². The van der Waals surface area contributed by atoms with Crippen LogP contribution in [0, 0.1) is 5.41 Å². The molecule has 2 atom stereocenters. The predicted molar refractivity (Wildman–Crippen MR) is 64.6 cm³/mol. The molecule has 90 valence electrons. The Bertz CT molecular complexity index is 362. The summed E-state index contributed by atoms with van der Waals surface area (Å²) in [6, 6.07) is 0.459. The Morgan fingerprint density at radius 3 is 2.94 bits per heavy atom. The van der Waals surface area contributed by atoms with E-state index in [-0.39, 0.29) is 5.41 Å². The lowest BCUT2D eigenvalue weighted by atomic mass is 9.64. The van der Waals surface area contributed by atoms with E-state index in [0.29, 0.717) is 18.0 Å². The van der Waals surface area contributed by atoms with Crippen molar-refractivity contribution >= 4 is 11.6 Å². The molecular weight excluding hydrogens is 224 g/mol. The Morgan fingerprint density at radius 2 is 2.38 bits per heavy atom. The summed E-state index contributed by atoms with van der Waals surface area (Å²) >= 11 is 5.90. The van der Waals surface area contributed by atoms with Crippen LogP contribution in [0.1, 0.15) is 38.9 Å². The summed E-state index contributed by atoms with van der Waals surface area (Å²) in [5, 5.41) is 0. The Morgan fingerprint density at radius 1 is 1.62 bits per heavy atom. The first-order valence-corrected chi connectivity index (χ1v) is 6.33. The number of hydrogen-bond acceptors (Lipinski definition) is 2. The van der Waals surface area contributed by atoms with Gasteiger partial charge in [0.25, 0.3) is 0 Å². The van der Waals surface area contributed by atoms with Crippen molar-refractivity contribution in [1.82, 2.24) is 9.55 Å². The Hall–Kier alpha value is -0.540. The van der Waals surface area contributed by atoms with Crippen molar-refractivity contribution < 1.29 is 4.74 Å². The lowest BCUT2D eigenvalue weighted by molar-refractivity contribution is -0.128. The molecule has 2 unspecified atom stereocenters. The molecule has 0 spiro atoms. The minimum Gasteiger partial charge on any atom is -0.378 e. The third-order valence-corrected chi connectivity index (χ3v) is 3.99. The van der Waals surface area contributed by atoms with Crippen molar-refractivity contribution in [2.24, 2.45) is 5.41 Å². The van der Waals surface area contributed by atoms with Crippen LogP contribution in [-0.2, 0) is 10.6 Å². The molecule has 1 saturated carbocycles. The number of rotatable bonds is 4. The summed E-state index contributed by atoms with van der Waals surface area (Å²) in [6.07, 6.45) is 5.14. The van der Waals surface area contributed by atoms with Crippen molar-refractivity contribution in [2.75, 3.05) is 6.61 Å².